The lowest BCUT2D eigenvalue weighted by Gasteiger charge is -2.32. The van der Waals surface area contributed by atoms with E-state index in [0.29, 0.717) is 32.7 Å². The average molecular weight is 265 g/mol. The van der Waals surface area contributed by atoms with Crippen molar-refractivity contribution in [2.75, 3.05) is 33.4 Å². The molecule has 19 heavy (non-hydrogen) atoms. The van der Waals surface area contributed by atoms with Gasteiger partial charge in [-0.05, 0) is 24.1 Å². The Balaban J connectivity index is 2.08. The predicted octanol–water partition coefficient (Wildman–Crippen LogP) is 1.02. The lowest BCUT2D eigenvalue weighted by molar-refractivity contribution is -0.145. The summed E-state index contributed by atoms with van der Waals surface area (Å²) in [5.41, 5.74) is 0.971. The standard InChI is InChI=1S/C14H19NO4/c1-18-12-4-2-3-11(9-12)10-13(14(16)17)15-5-7-19-8-6-15/h2-4,9,13H,5-8,10H2,1H3,(H,16,17)/t13-/m0/s1. The van der Waals surface area contributed by atoms with Gasteiger partial charge in [0.15, 0.2) is 0 Å². The summed E-state index contributed by atoms with van der Waals surface area (Å²) in [7, 11) is 1.61. The van der Waals surface area contributed by atoms with Gasteiger partial charge in [0.1, 0.15) is 11.8 Å². The number of carboxylic acids is 1. The topological polar surface area (TPSA) is 59.0 Å². The smallest absolute Gasteiger partial charge is 0.321 e. The van der Waals surface area contributed by atoms with Crippen molar-refractivity contribution in [3.63, 3.8) is 0 Å². The Morgan fingerprint density at radius 1 is 1.47 bits per heavy atom. The molecule has 0 saturated carbocycles. The largest absolute Gasteiger partial charge is 0.497 e. The van der Waals surface area contributed by atoms with Crippen LogP contribution in [0.3, 0.4) is 0 Å². The minimum Gasteiger partial charge on any atom is -0.497 e. The number of hydrogen-bond donors (Lipinski definition) is 1. The summed E-state index contributed by atoms with van der Waals surface area (Å²) in [5.74, 6) is -0.0339. The van der Waals surface area contributed by atoms with Crippen LogP contribution in [-0.4, -0.2) is 55.4 Å². The van der Waals surface area contributed by atoms with Gasteiger partial charge in [0.25, 0.3) is 0 Å². The summed E-state index contributed by atoms with van der Waals surface area (Å²) >= 11 is 0. The maximum Gasteiger partial charge on any atom is 0.321 e. The Hall–Kier alpha value is -1.59. The second-order valence-electron chi connectivity index (χ2n) is 4.56. The molecule has 1 saturated heterocycles. The molecule has 0 bridgehead atoms. The molecule has 1 aromatic carbocycles. The Bertz CT molecular complexity index is 429. The number of aliphatic carboxylic acids is 1. The quantitative estimate of drug-likeness (QED) is 0.861. The summed E-state index contributed by atoms with van der Waals surface area (Å²) in [5, 5.41) is 9.40. The van der Waals surface area contributed by atoms with Crippen molar-refractivity contribution in [1.29, 1.82) is 0 Å². The summed E-state index contributed by atoms with van der Waals surface area (Å²) in [6.45, 7) is 2.53. The zero-order chi connectivity index (χ0) is 13.7. The third kappa shape index (κ3) is 3.68. The van der Waals surface area contributed by atoms with Crippen LogP contribution in [0.1, 0.15) is 5.56 Å². The average Bonchev–Trinajstić information content (AvgIpc) is 2.45. The van der Waals surface area contributed by atoms with Gasteiger partial charge in [-0.1, -0.05) is 12.1 Å². The number of methoxy groups -OCH3 is 1. The Morgan fingerprint density at radius 2 is 2.21 bits per heavy atom. The highest BCUT2D eigenvalue weighted by Gasteiger charge is 2.27. The van der Waals surface area contributed by atoms with Gasteiger partial charge in [-0.3, -0.25) is 9.69 Å². The molecule has 104 valence electrons. The SMILES string of the molecule is COc1cccc(C[C@@H](C(=O)O)N2CCOCC2)c1. The predicted molar refractivity (Wildman–Crippen MR) is 70.5 cm³/mol. The summed E-state index contributed by atoms with van der Waals surface area (Å²) in [4.78, 5) is 13.4. The third-order valence-corrected chi connectivity index (χ3v) is 3.33. The molecule has 5 nitrogen and oxygen atoms in total. The number of benzene rings is 1. The van der Waals surface area contributed by atoms with Gasteiger partial charge in [-0.2, -0.15) is 0 Å². The minimum absolute atomic E-state index is 0.479. The highest BCUT2D eigenvalue weighted by Crippen LogP contribution is 2.16. The summed E-state index contributed by atoms with van der Waals surface area (Å²) in [6, 6.07) is 7.05. The normalized spacial score (nSPS) is 17.9. The molecule has 0 unspecified atom stereocenters. The van der Waals surface area contributed by atoms with Crippen molar-refractivity contribution in [1.82, 2.24) is 4.90 Å². The molecule has 1 N–H and O–H groups in total. The molecule has 5 heteroatoms. The molecule has 0 amide bonds. The molecule has 1 aliphatic heterocycles. The first-order valence-corrected chi connectivity index (χ1v) is 6.38. The molecule has 0 aliphatic carbocycles. The van der Waals surface area contributed by atoms with E-state index in [9.17, 15) is 9.90 Å². The van der Waals surface area contributed by atoms with E-state index in [2.05, 4.69) is 0 Å². The van der Waals surface area contributed by atoms with Crippen LogP contribution in [0.25, 0.3) is 0 Å². The second-order valence-corrected chi connectivity index (χ2v) is 4.56. The highest BCUT2D eigenvalue weighted by molar-refractivity contribution is 5.74. The summed E-state index contributed by atoms with van der Waals surface area (Å²) < 4.78 is 10.4. The third-order valence-electron chi connectivity index (χ3n) is 3.33. The molecule has 0 radical (unpaired) electrons. The molecule has 1 aliphatic rings. The van der Waals surface area contributed by atoms with E-state index in [4.69, 9.17) is 9.47 Å². The number of nitrogens with zero attached hydrogens (tertiary/aromatic N) is 1. The Labute approximate surface area is 112 Å². The van der Waals surface area contributed by atoms with Crippen LogP contribution >= 0.6 is 0 Å². The van der Waals surface area contributed by atoms with Crippen molar-refractivity contribution in [3.8, 4) is 5.75 Å². The van der Waals surface area contributed by atoms with Crippen molar-refractivity contribution in [2.24, 2.45) is 0 Å². The molecule has 0 spiro atoms. The van der Waals surface area contributed by atoms with Gasteiger partial charge >= 0.3 is 5.97 Å². The van der Waals surface area contributed by atoms with Crippen molar-refractivity contribution >= 4 is 5.97 Å². The fourth-order valence-electron chi connectivity index (χ4n) is 2.28. The van der Waals surface area contributed by atoms with Gasteiger partial charge in [0.2, 0.25) is 0 Å². The van der Waals surface area contributed by atoms with E-state index in [0.717, 1.165) is 11.3 Å². The fraction of sp³-hybridized carbons (Fsp3) is 0.500. The maximum atomic E-state index is 11.4. The first-order valence-electron chi connectivity index (χ1n) is 6.38. The van der Waals surface area contributed by atoms with Crippen molar-refractivity contribution in [2.45, 2.75) is 12.5 Å². The molecule has 1 atom stereocenters. The number of carbonyl (C=O) groups is 1. The van der Waals surface area contributed by atoms with E-state index < -0.39 is 12.0 Å². The van der Waals surface area contributed by atoms with E-state index >= 15 is 0 Å². The first kappa shape index (κ1) is 13.8. The second kappa shape index (κ2) is 6.54. The van der Waals surface area contributed by atoms with E-state index in [1.165, 1.54) is 0 Å². The maximum absolute atomic E-state index is 11.4. The van der Waals surface area contributed by atoms with Crippen LogP contribution < -0.4 is 4.74 Å². The van der Waals surface area contributed by atoms with Crippen LogP contribution in [0.4, 0.5) is 0 Å². The highest BCUT2D eigenvalue weighted by atomic mass is 16.5. The Morgan fingerprint density at radius 3 is 2.84 bits per heavy atom. The van der Waals surface area contributed by atoms with Gasteiger partial charge < -0.3 is 14.6 Å². The molecule has 2 rings (SSSR count). The van der Waals surface area contributed by atoms with Crippen LogP contribution in [-0.2, 0) is 16.0 Å². The number of hydrogen-bond acceptors (Lipinski definition) is 4. The van der Waals surface area contributed by atoms with Crippen molar-refractivity contribution < 1.29 is 19.4 Å². The molecular formula is C14H19NO4. The number of carboxylic acid groups (broad SMARTS) is 1. The lowest BCUT2D eigenvalue weighted by atomic mass is 10.0. The van der Waals surface area contributed by atoms with Crippen LogP contribution in [0.2, 0.25) is 0 Å². The lowest BCUT2D eigenvalue weighted by Crippen LogP contribution is -2.48. The van der Waals surface area contributed by atoms with E-state index in [-0.39, 0.29) is 0 Å². The van der Waals surface area contributed by atoms with Gasteiger partial charge in [-0.25, -0.2) is 0 Å². The van der Waals surface area contributed by atoms with Gasteiger partial charge in [-0.15, -0.1) is 0 Å². The fourth-order valence-corrected chi connectivity index (χ4v) is 2.28. The monoisotopic (exact) mass is 265 g/mol. The molecule has 1 aromatic rings. The van der Waals surface area contributed by atoms with E-state index in [1.807, 2.05) is 29.2 Å². The van der Waals surface area contributed by atoms with Crippen LogP contribution in [0.15, 0.2) is 24.3 Å². The Kier molecular flexibility index (Phi) is 4.76. The molecule has 1 heterocycles. The minimum atomic E-state index is -0.787. The van der Waals surface area contributed by atoms with Gasteiger partial charge in [0, 0.05) is 13.1 Å². The zero-order valence-corrected chi connectivity index (χ0v) is 11.0. The van der Waals surface area contributed by atoms with E-state index in [1.54, 1.807) is 7.11 Å². The molecular weight excluding hydrogens is 246 g/mol. The van der Waals surface area contributed by atoms with Crippen molar-refractivity contribution in [3.05, 3.63) is 29.8 Å². The summed E-state index contributed by atoms with van der Waals surface area (Å²) in [6.07, 6.45) is 0.479. The molecule has 0 aromatic heterocycles. The molecule has 1 fully saturated rings. The first-order chi connectivity index (χ1) is 9.20. The number of morpholine rings is 1. The number of rotatable bonds is 5. The van der Waals surface area contributed by atoms with Crippen LogP contribution in [0, 0.1) is 0 Å². The number of ether oxygens (including phenoxy) is 2. The van der Waals surface area contributed by atoms with Crippen LogP contribution in [0.5, 0.6) is 5.75 Å². The van der Waals surface area contributed by atoms with Gasteiger partial charge in [0.05, 0.1) is 20.3 Å². The zero-order valence-electron chi connectivity index (χ0n) is 11.0.